The molecule has 0 spiro atoms. The van der Waals surface area contributed by atoms with Crippen molar-refractivity contribution < 1.29 is 19.0 Å². The molecule has 0 bridgehead atoms. The summed E-state index contributed by atoms with van der Waals surface area (Å²) in [5, 5.41) is 0. The number of halogens is 1. The third-order valence-corrected chi connectivity index (χ3v) is 4.21. The Bertz CT molecular complexity index is 338. The molecule has 1 aliphatic heterocycles. The number of carbonyl (C=O) groups excluding carboxylic acids is 1. The summed E-state index contributed by atoms with van der Waals surface area (Å²) in [6.07, 6.45) is 4.80. The van der Waals surface area contributed by atoms with Gasteiger partial charge in [-0.15, -0.1) is 0 Å². The Balaban J connectivity index is 2.73. The van der Waals surface area contributed by atoms with Gasteiger partial charge in [-0.1, -0.05) is 28.7 Å². The van der Waals surface area contributed by atoms with E-state index >= 15 is 0 Å². The molecule has 21 heavy (non-hydrogen) atoms. The number of hydrogen-bond acceptors (Lipinski definition) is 5. The summed E-state index contributed by atoms with van der Waals surface area (Å²) in [5.74, 6) is -0.0300. The zero-order valence-corrected chi connectivity index (χ0v) is 15.2. The minimum absolute atomic E-state index is 0.0321. The number of methoxy groups -OCH3 is 1. The van der Waals surface area contributed by atoms with Crippen molar-refractivity contribution in [1.29, 1.82) is 0 Å². The second-order valence-electron chi connectivity index (χ2n) is 5.41. The van der Waals surface area contributed by atoms with Gasteiger partial charge in [0.25, 0.3) is 0 Å². The SMILES string of the molecule is COCOC(CCC=C[123I])C1CN(C)CCC1OC(C)=O. The van der Waals surface area contributed by atoms with E-state index in [2.05, 4.69) is 40.6 Å². The topological polar surface area (TPSA) is 48.0 Å². The van der Waals surface area contributed by atoms with E-state index in [4.69, 9.17) is 14.2 Å². The zero-order valence-electron chi connectivity index (χ0n) is 13.1. The Labute approximate surface area is 141 Å². The Morgan fingerprint density at radius 1 is 1.52 bits per heavy atom. The smallest absolute Gasteiger partial charge is 0.302 e. The first-order valence-corrected chi connectivity index (χ1v) is 8.54. The number of esters is 1. The molecule has 3 atom stereocenters. The van der Waals surface area contributed by atoms with Crippen LogP contribution in [0.2, 0.25) is 0 Å². The lowest BCUT2D eigenvalue weighted by Gasteiger charge is -2.40. The molecule has 0 amide bonds. The maximum Gasteiger partial charge on any atom is 0.302 e. The normalized spacial score (nSPS) is 25.1. The number of nitrogens with zero attached hydrogens (tertiary/aromatic N) is 1. The van der Waals surface area contributed by atoms with Crippen molar-refractivity contribution in [2.75, 3.05) is 34.0 Å². The minimum Gasteiger partial charge on any atom is -0.462 e. The molecule has 5 nitrogen and oxygen atoms in total. The second kappa shape index (κ2) is 10.5. The first kappa shape index (κ1) is 18.9. The highest BCUT2D eigenvalue weighted by Gasteiger charge is 2.36. The molecule has 6 heteroatoms. The molecule has 0 aromatic carbocycles. The van der Waals surface area contributed by atoms with Crippen LogP contribution < -0.4 is 0 Å². The van der Waals surface area contributed by atoms with E-state index in [1.165, 1.54) is 6.92 Å². The lowest BCUT2D eigenvalue weighted by atomic mass is 9.87. The van der Waals surface area contributed by atoms with Gasteiger partial charge in [0.15, 0.2) is 0 Å². The maximum absolute atomic E-state index is 11.3. The molecule has 122 valence electrons. The predicted octanol–water partition coefficient (Wildman–Crippen LogP) is 2.59. The molecular formula is C15H26INO4. The molecule has 1 fully saturated rings. The van der Waals surface area contributed by atoms with Crippen LogP contribution >= 0.6 is 22.6 Å². The van der Waals surface area contributed by atoms with E-state index in [0.717, 1.165) is 32.4 Å². The highest BCUT2D eigenvalue weighted by atomic mass is 123. The Morgan fingerprint density at radius 2 is 2.29 bits per heavy atom. The molecular weight excluding hydrogens is 381 g/mol. The third-order valence-electron chi connectivity index (χ3n) is 3.70. The predicted molar refractivity (Wildman–Crippen MR) is 90.3 cm³/mol. The molecule has 1 saturated heterocycles. The highest BCUT2D eigenvalue weighted by molar-refractivity contribution is 14.1. The van der Waals surface area contributed by atoms with E-state index in [-0.39, 0.29) is 30.9 Å². The van der Waals surface area contributed by atoms with Crippen molar-refractivity contribution in [2.24, 2.45) is 5.92 Å². The molecule has 3 unspecified atom stereocenters. The number of rotatable bonds is 8. The molecule has 0 saturated carbocycles. The van der Waals surface area contributed by atoms with Crippen LogP contribution in [0.25, 0.3) is 0 Å². The van der Waals surface area contributed by atoms with Gasteiger partial charge < -0.3 is 19.1 Å². The van der Waals surface area contributed by atoms with Crippen molar-refractivity contribution in [2.45, 2.75) is 38.4 Å². The van der Waals surface area contributed by atoms with Crippen molar-refractivity contribution in [3.8, 4) is 0 Å². The van der Waals surface area contributed by atoms with Crippen LogP contribution in [0.4, 0.5) is 0 Å². The van der Waals surface area contributed by atoms with Crippen LogP contribution in [-0.2, 0) is 19.0 Å². The minimum atomic E-state index is -0.216. The molecule has 0 aromatic rings. The zero-order chi connectivity index (χ0) is 15.7. The van der Waals surface area contributed by atoms with Gasteiger partial charge in [-0.2, -0.15) is 0 Å². The van der Waals surface area contributed by atoms with Gasteiger partial charge in [0.2, 0.25) is 0 Å². The van der Waals surface area contributed by atoms with Gasteiger partial charge in [0.05, 0.1) is 6.10 Å². The van der Waals surface area contributed by atoms with Crippen LogP contribution in [0.3, 0.4) is 0 Å². The van der Waals surface area contributed by atoms with Crippen LogP contribution in [0.5, 0.6) is 0 Å². The summed E-state index contributed by atoms with van der Waals surface area (Å²) < 4.78 is 18.4. The number of ether oxygens (including phenoxy) is 3. The first-order valence-electron chi connectivity index (χ1n) is 7.30. The number of piperidine rings is 1. The van der Waals surface area contributed by atoms with Crippen molar-refractivity contribution in [3.63, 3.8) is 0 Å². The highest BCUT2D eigenvalue weighted by Crippen LogP contribution is 2.27. The number of carbonyl (C=O) groups is 1. The van der Waals surface area contributed by atoms with Crippen LogP contribution in [0.15, 0.2) is 10.2 Å². The summed E-state index contributed by atoms with van der Waals surface area (Å²) >= 11 is 2.22. The molecule has 1 rings (SSSR count). The van der Waals surface area contributed by atoms with E-state index in [1.807, 2.05) is 4.08 Å². The van der Waals surface area contributed by atoms with E-state index < -0.39 is 0 Å². The number of allylic oxidation sites excluding steroid dienone is 1. The molecule has 1 aliphatic rings. The average Bonchev–Trinajstić information content (AvgIpc) is 2.44. The molecule has 0 N–H and O–H groups in total. The van der Waals surface area contributed by atoms with Gasteiger partial charge in [-0.25, -0.2) is 0 Å². The first-order chi connectivity index (χ1) is 10.1. The Morgan fingerprint density at radius 3 is 2.90 bits per heavy atom. The van der Waals surface area contributed by atoms with Gasteiger partial charge in [-0.05, 0) is 30.4 Å². The van der Waals surface area contributed by atoms with Crippen LogP contribution in [0, 0.1) is 5.92 Å². The summed E-state index contributed by atoms with van der Waals surface area (Å²) in [4.78, 5) is 13.6. The van der Waals surface area contributed by atoms with Crippen molar-refractivity contribution in [1.82, 2.24) is 4.90 Å². The summed E-state index contributed by atoms with van der Waals surface area (Å²) in [6, 6.07) is 0. The molecule has 0 aromatic heterocycles. The van der Waals surface area contributed by atoms with Gasteiger partial charge in [-0.3, -0.25) is 4.79 Å². The summed E-state index contributed by atoms with van der Waals surface area (Å²) in [6.45, 7) is 3.56. The van der Waals surface area contributed by atoms with Crippen LogP contribution in [-0.4, -0.2) is 57.1 Å². The number of hydrogen-bond donors (Lipinski definition) is 0. The summed E-state index contributed by atoms with van der Waals surface area (Å²) in [7, 11) is 3.72. The van der Waals surface area contributed by atoms with Gasteiger partial charge >= 0.3 is 5.97 Å². The second-order valence-corrected chi connectivity index (χ2v) is 6.13. The monoisotopic (exact) mass is 407 g/mol. The quantitative estimate of drug-likeness (QED) is 0.352. The molecule has 0 radical (unpaired) electrons. The number of likely N-dealkylation sites (tertiary alicyclic amines) is 1. The Kier molecular flexibility index (Phi) is 9.46. The standard InChI is InChI=1S/C15H26INO4/c1-12(18)21-15-7-9-17(2)10-13(15)14(20-11-19-3)6-4-5-8-16/h5,8,13-15H,4,6-7,9-11H2,1-3H3/i16-4. The van der Waals surface area contributed by atoms with Crippen LogP contribution in [0.1, 0.15) is 26.2 Å². The van der Waals surface area contributed by atoms with Crippen molar-refractivity contribution in [3.05, 3.63) is 10.2 Å². The third kappa shape index (κ3) is 7.08. The molecule has 0 aliphatic carbocycles. The lowest BCUT2D eigenvalue weighted by molar-refractivity contribution is -0.163. The molecule has 1 heterocycles. The fraction of sp³-hybridized carbons (Fsp3) is 0.800. The van der Waals surface area contributed by atoms with Crippen molar-refractivity contribution >= 4 is 28.6 Å². The van der Waals surface area contributed by atoms with E-state index in [1.54, 1.807) is 7.11 Å². The fourth-order valence-corrected chi connectivity index (χ4v) is 3.11. The lowest BCUT2D eigenvalue weighted by Crippen LogP contribution is -2.49. The van der Waals surface area contributed by atoms with Gasteiger partial charge in [0, 0.05) is 33.0 Å². The largest absolute Gasteiger partial charge is 0.462 e. The van der Waals surface area contributed by atoms with E-state index in [9.17, 15) is 4.79 Å². The van der Waals surface area contributed by atoms with Gasteiger partial charge in [0.1, 0.15) is 12.9 Å². The fourth-order valence-electron chi connectivity index (χ4n) is 2.75. The maximum atomic E-state index is 11.3. The summed E-state index contributed by atoms with van der Waals surface area (Å²) in [5.41, 5.74) is 0. The Hall–Kier alpha value is -0.180. The average molecular weight is 407 g/mol. The van der Waals surface area contributed by atoms with E-state index in [0.29, 0.717) is 0 Å².